The summed E-state index contributed by atoms with van der Waals surface area (Å²) < 4.78 is 101. The Morgan fingerprint density at radius 1 is 1.03 bits per heavy atom. The minimum Gasteiger partial charge on any atom is -0.331 e. The molecule has 1 N–H and O–H groups in total. The molecule has 2 aromatic rings. The summed E-state index contributed by atoms with van der Waals surface area (Å²) in [6.07, 6.45) is 1.38. The number of benzene rings is 2. The van der Waals surface area contributed by atoms with Crippen molar-refractivity contribution in [2.24, 2.45) is 11.3 Å². The number of hydrogen-bond donors (Lipinski definition) is 1. The van der Waals surface area contributed by atoms with Gasteiger partial charge in [-0.15, -0.1) is 0 Å². The molecule has 1 saturated heterocycles. The first kappa shape index (κ1) is 25.1. The summed E-state index contributed by atoms with van der Waals surface area (Å²) in [4.78, 5) is 14.3. The highest BCUT2D eigenvalue weighted by Crippen LogP contribution is 2.65. The number of alkyl halides is 2. The number of hydrogen-bond acceptors (Lipinski definition) is 3. The summed E-state index contributed by atoms with van der Waals surface area (Å²) >= 11 is 0. The topological polar surface area (TPSA) is 66.5 Å². The number of likely N-dealkylation sites (tertiary alicyclic amines) is 1. The van der Waals surface area contributed by atoms with Gasteiger partial charge in [-0.2, -0.15) is 0 Å². The maximum absolute atomic E-state index is 15.6. The maximum Gasteiger partial charge on any atom is 0.283 e. The first-order chi connectivity index (χ1) is 16.9. The summed E-state index contributed by atoms with van der Waals surface area (Å²) in [5.74, 6) is -7.48. The van der Waals surface area contributed by atoms with E-state index in [9.17, 15) is 22.0 Å². The van der Waals surface area contributed by atoms with E-state index < -0.39 is 75.5 Å². The van der Waals surface area contributed by atoms with Gasteiger partial charge >= 0.3 is 0 Å². The van der Waals surface area contributed by atoms with Crippen molar-refractivity contribution >= 4 is 15.9 Å². The number of nitrogens with zero attached hydrogens (tertiary/aromatic N) is 1. The SMILES string of the molecule is CCS(=O)(=O)N[C@@H]1[C@H](Cc2cccc(-c3cccc(F)c3F)c2F)N(C(=O)C23CC(C2)C3)CC1(F)F. The first-order valence-corrected chi connectivity index (χ1v) is 13.4. The average Bonchev–Trinajstić information content (AvgIpc) is 2.99. The number of carbonyl (C=O) groups is 1. The van der Waals surface area contributed by atoms with Crippen molar-refractivity contribution in [3.05, 3.63) is 59.4 Å². The second-order valence-electron chi connectivity index (χ2n) is 10.1. The normalized spacial score (nSPS) is 28.5. The van der Waals surface area contributed by atoms with Crippen molar-refractivity contribution < 1.29 is 35.2 Å². The van der Waals surface area contributed by atoms with Crippen LogP contribution in [-0.4, -0.2) is 49.5 Å². The summed E-state index contributed by atoms with van der Waals surface area (Å²) in [6.45, 7) is 0.311. The molecule has 4 aliphatic rings. The van der Waals surface area contributed by atoms with E-state index in [4.69, 9.17) is 0 Å². The molecule has 0 aromatic heterocycles. The van der Waals surface area contributed by atoms with Crippen LogP contribution in [0.4, 0.5) is 22.0 Å². The molecule has 1 amide bonds. The molecule has 11 heteroatoms. The first-order valence-electron chi connectivity index (χ1n) is 11.8. The van der Waals surface area contributed by atoms with Crippen molar-refractivity contribution in [2.75, 3.05) is 12.3 Å². The Morgan fingerprint density at radius 3 is 2.22 bits per heavy atom. The maximum atomic E-state index is 15.6. The molecular formula is C25H25F5N2O3S. The van der Waals surface area contributed by atoms with Gasteiger partial charge in [0.15, 0.2) is 11.6 Å². The van der Waals surface area contributed by atoms with Crippen molar-refractivity contribution in [1.82, 2.24) is 9.62 Å². The third-order valence-corrected chi connectivity index (χ3v) is 9.18. The molecule has 5 nitrogen and oxygen atoms in total. The van der Waals surface area contributed by atoms with E-state index in [0.717, 1.165) is 11.0 Å². The molecule has 2 atom stereocenters. The molecule has 6 rings (SSSR count). The van der Waals surface area contributed by atoms with Crippen LogP contribution in [0, 0.1) is 28.8 Å². The van der Waals surface area contributed by atoms with Crippen LogP contribution < -0.4 is 4.72 Å². The van der Waals surface area contributed by atoms with E-state index in [1.165, 1.54) is 37.3 Å². The van der Waals surface area contributed by atoms with Gasteiger partial charge in [-0.05, 0) is 50.2 Å². The molecular weight excluding hydrogens is 503 g/mol. The van der Waals surface area contributed by atoms with Crippen molar-refractivity contribution in [3.8, 4) is 11.1 Å². The fourth-order valence-corrected chi connectivity index (χ4v) is 6.61. The van der Waals surface area contributed by atoms with Gasteiger partial charge in [0.2, 0.25) is 15.9 Å². The molecule has 1 aliphatic heterocycles. The molecule has 1 heterocycles. The van der Waals surface area contributed by atoms with E-state index in [0.29, 0.717) is 25.2 Å². The molecule has 3 aliphatic carbocycles. The molecule has 0 spiro atoms. The fraction of sp³-hybridized carbons (Fsp3) is 0.480. The molecule has 36 heavy (non-hydrogen) atoms. The lowest BCUT2D eigenvalue weighted by Crippen LogP contribution is -2.62. The van der Waals surface area contributed by atoms with Crippen molar-refractivity contribution in [2.45, 2.75) is 50.6 Å². The highest BCUT2D eigenvalue weighted by Gasteiger charge is 2.66. The van der Waals surface area contributed by atoms with Crippen LogP contribution in [-0.2, 0) is 21.2 Å². The highest BCUT2D eigenvalue weighted by molar-refractivity contribution is 7.89. The van der Waals surface area contributed by atoms with Gasteiger partial charge in [-0.25, -0.2) is 35.1 Å². The highest BCUT2D eigenvalue weighted by atomic mass is 32.2. The van der Waals surface area contributed by atoms with Gasteiger partial charge < -0.3 is 4.90 Å². The number of amides is 1. The molecule has 4 fully saturated rings. The predicted molar refractivity (Wildman–Crippen MR) is 122 cm³/mol. The Morgan fingerprint density at radius 2 is 1.64 bits per heavy atom. The van der Waals surface area contributed by atoms with Crippen LogP contribution >= 0.6 is 0 Å². The van der Waals surface area contributed by atoms with E-state index in [1.807, 2.05) is 4.72 Å². The van der Waals surface area contributed by atoms with E-state index in [-0.39, 0.29) is 16.7 Å². The second kappa shape index (κ2) is 8.51. The molecule has 3 saturated carbocycles. The van der Waals surface area contributed by atoms with Crippen LogP contribution in [0.15, 0.2) is 36.4 Å². The average molecular weight is 529 g/mol. The second-order valence-corrected chi connectivity index (χ2v) is 12.1. The van der Waals surface area contributed by atoms with Crippen LogP contribution in [0.2, 0.25) is 0 Å². The standard InChI is InChI=1S/C25H25F5N2O3S/c1-2-36(34,35)31-22-19(32(13-25(22,29)30)23(33)24-10-14(11-24)12-24)9-15-5-3-6-16(20(15)27)17-7-4-8-18(26)21(17)28/h3-8,14,19,22,31H,2,9-13H2,1H3/t14?,19-,22+,24?/m0/s1. The Balaban J connectivity index is 1.53. The molecule has 0 radical (unpaired) electrons. The zero-order valence-electron chi connectivity index (χ0n) is 19.4. The molecule has 2 aromatic carbocycles. The monoisotopic (exact) mass is 528 g/mol. The van der Waals surface area contributed by atoms with Crippen LogP contribution in [0.1, 0.15) is 31.7 Å². The third-order valence-electron chi connectivity index (χ3n) is 7.81. The Labute approximate surface area is 205 Å². The Hall–Kier alpha value is -2.53. The van der Waals surface area contributed by atoms with E-state index in [1.54, 1.807) is 0 Å². The predicted octanol–water partition coefficient (Wildman–Crippen LogP) is 4.27. The lowest BCUT2D eigenvalue weighted by atomic mass is 9.44. The number of halogens is 5. The van der Waals surface area contributed by atoms with Gasteiger partial charge in [-0.1, -0.05) is 30.3 Å². The zero-order chi connectivity index (χ0) is 26.0. The lowest BCUT2D eigenvalue weighted by Gasteiger charge is -2.61. The summed E-state index contributed by atoms with van der Waals surface area (Å²) in [5, 5.41) is 0. The minimum atomic E-state index is -4.09. The summed E-state index contributed by atoms with van der Waals surface area (Å²) in [5.41, 5.74) is -1.42. The molecule has 194 valence electrons. The molecule has 2 bridgehead atoms. The number of sulfonamides is 1. The van der Waals surface area contributed by atoms with E-state index in [2.05, 4.69) is 0 Å². The van der Waals surface area contributed by atoms with Crippen LogP contribution in [0.5, 0.6) is 0 Å². The summed E-state index contributed by atoms with van der Waals surface area (Å²) in [6, 6.07) is 3.89. The van der Waals surface area contributed by atoms with Crippen molar-refractivity contribution in [1.29, 1.82) is 0 Å². The van der Waals surface area contributed by atoms with Crippen molar-refractivity contribution in [3.63, 3.8) is 0 Å². The summed E-state index contributed by atoms with van der Waals surface area (Å²) in [7, 11) is -4.09. The van der Waals surface area contributed by atoms with Gasteiger partial charge in [0.25, 0.3) is 5.92 Å². The number of carbonyl (C=O) groups excluding carboxylic acids is 1. The number of rotatable bonds is 7. The van der Waals surface area contributed by atoms with Crippen LogP contribution in [0.3, 0.4) is 0 Å². The van der Waals surface area contributed by atoms with Gasteiger partial charge in [0.05, 0.1) is 23.8 Å². The smallest absolute Gasteiger partial charge is 0.283 e. The van der Waals surface area contributed by atoms with Gasteiger partial charge in [-0.3, -0.25) is 4.79 Å². The third kappa shape index (κ3) is 4.00. The Bertz CT molecular complexity index is 1320. The quantitative estimate of drug-likeness (QED) is 0.546. The van der Waals surface area contributed by atoms with Gasteiger partial charge in [0.1, 0.15) is 11.9 Å². The van der Waals surface area contributed by atoms with Crippen LogP contribution in [0.25, 0.3) is 11.1 Å². The zero-order valence-corrected chi connectivity index (χ0v) is 20.2. The lowest BCUT2D eigenvalue weighted by molar-refractivity contribution is -0.178. The van der Waals surface area contributed by atoms with E-state index >= 15 is 13.2 Å². The number of nitrogens with one attached hydrogen (secondary N) is 1. The molecule has 0 unspecified atom stereocenters. The minimum absolute atomic E-state index is 0.116. The largest absolute Gasteiger partial charge is 0.331 e. The van der Waals surface area contributed by atoms with Gasteiger partial charge in [0, 0.05) is 11.1 Å². The Kier molecular flexibility index (Phi) is 5.94. The fourth-order valence-electron chi connectivity index (χ4n) is 5.72.